The lowest BCUT2D eigenvalue weighted by molar-refractivity contribution is -0.158. The van der Waals surface area contributed by atoms with Gasteiger partial charge >= 0.3 is 5.97 Å². The van der Waals surface area contributed by atoms with E-state index in [0.29, 0.717) is 13.0 Å². The molecule has 0 aromatic carbocycles. The zero-order valence-corrected chi connectivity index (χ0v) is 25.0. The van der Waals surface area contributed by atoms with Gasteiger partial charge in [0.1, 0.15) is 11.7 Å². The minimum atomic E-state index is -0.454. The van der Waals surface area contributed by atoms with E-state index >= 15 is 0 Å². The lowest BCUT2D eigenvalue weighted by atomic mass is 9.46. The van der Waals surface area contributed by atoms with Crippen molar-refractivity contribution < 1.29 is 19.1 Å². The van der Waals surface area contributed by atoms with Crippen LogP contribution in [0, 0.1) is 22.7 Å². The van der Waals surface area contributed by atoms with Crippen LogP contribution < -0.4 is 0 Å². The molecule has 0 bridgehead atoms. The maximum Gasteiger partial charge on any atom is 0.305 e. The number of ketones is 1. The van der Waals surface area contributed by atoms with E-state index < -0.39 is 5.60 Å². The van der Waals surface area contributed by atoms with Gasteiger partial charge in [0, 0.05) is 18.3 Å². The van der Waals surface area contributed by atoms with Crippen LogP contribution in [0.5, 0.6) is 0 Å². The van der Waals surface area contributed by atoms with Crippen LogP contribution in [-0.2, 0) is 19.1 Å². The fourth-order valence-corrected chi connectivity index (χ4v) is 8.07. The van der Waals surface area contributed by atoms with Gasteiger partial charge in [0.05, 0.1) is 6.61 Å². The van der Waals surface area contributed by atoms with Crippen LogP contribution in [0.1, 0.15) is 157 Å². The molecule has 0 radical (unpaired) electrons. The summed E-state index contributed by atoms with van der Waals surface area (Å²) in [5, 5.41) is 0. The first-order chi connectivity index (χ1) is 17.7. The number of hydrogen-bond donors (Lipinski definition) is 0. The van der Waals surface area contributed by atoms with E-state index in [2.05, 4.69) is 34.6 Å². The highest BCUT2D eigenvalue weighted by Crippen LogP contribution is 2.66. The molecule has 3 aliphatic rings. The van der Waals surface area contributed by atoms with Crippen molar-refractivity contribution in [2.45, 2.75) is 168 Å². The van der Waals surface area contributed by atoms with Crippen molar-refractivity contribution in [3.63, 3.8) is 0 Å². The summed E-state index contributed by atoms with van der Waals surface area (Å²) >= 11 is 0. The molecule has 3 fully saturated rings. The fourth-order valence-electron chi connectivity index (χ4n) is 8.07. The third kappa shape index (κ3) is 7.83. The van der Waals surface area contributed by atoms with Gasteiger partial charge in [-0.05, 0) is 37.0 Å². The molecule has 1 aliphatic heterocycles. The Morgan fingerprint density at radius 3 is 1.86 bits per heavy atom. The van der Waals surface area contributed by atoms with E-state index in [4.69, 9.17) is 9.47 Å². The third-order valence-electron chi connectivity index (χ3n) is 10.2. The molecule has 1 unspecified atom stereocenters. The van der Waals surface area contributed by atoms with Gasteiger partial charge in [-0.3, -0.25) is 9.59 Å². The number of fused-ring (bicyclic) bond motifs is 2. The van der Waals surface area contributed by atoms with Crippen molar-refractivity contribution in [3.05, 3.63) is 0 Å². The second kappa shape index (κ2) is 13.9. The van der Waals surface area contributed by atoms with Crippen molar-refractivity contribution in [2.24, 2.45) is 22.7 Å². The largest absolute Gasteiger partial charge is 0.465 e. The molecule has 4 heteroatoms. The molecule has 1 saturated heterocycles. The van der Waals surface area contributed by atoms with Crippen LogP contribution in [0.25, 0.3) is 0 Å². The van der Waals surface area contributed by atoms with Crippen molar-refractivity contribution in [2.75, 3.05) is 6.61 Å². The van der Waals surface area contributed by atoms with Gasteiger partial charge in [-0.25, -0.2) is 0 Å². The highest BCUT2D eigenvalue weighted by Gasteiger charge is 2.74. The molecule has 37 heavy (non-hydrogen) atoms. The molecule has 0 aromatic heterocycles. The minimum absolute atomic E-state index is 0.00595. The molecule has 0 spiro atoms. The Hall–Kier alpha value is -0.900. The summed E-state index contributed by atoms with van der Waals surface area (Å²) in [5.41, 5.74) is -0.631. The highest BCUT2D eigenvalue weighted by molar-refractivity contribution is 5.92. The number of carbonyl (C=O) groups excluding carboxylic acids is 2. The lowest BCUT2D eigenvalue weighted by Crippen LogP contribution is -2.60. The number of esters is 1. The molecular weight excluding hydrogens is 460 g/mol. The summed E-state index contributed by atoms with van der Waals surface area (Å²) in [5.74, 6) is 0.295. The first-order valence-corrected chi connectivity index (χ1v) is 16.0. The molecule has 2 saturated carbocycles. The summed E-state index contributed by atoms with van der Waals surface area (Å²) in [7, 11) is 0. The van der Waals surface area contributed by atoms with Crippen LogP contribution in [0.4, 0.5) is 0 Å². The normalized spacial score (nSPS) is 32.0. The predicted molar refractivity (Wildman–Crippen MR) is 152 cm³/mol. The van der Waals surface area contributed by atoms with E-state index in [0.717, 1.165) is 32.1 Å². The van der Waals surface area contributed by atoms with Gasteiger partial charge in [0.25, 0.3) is 0 Å². The molecule has 2 aliphatic carbocycles. The number of ether oxygens (including phenoxy) is 2. The molecule has 214 valence electrons. The number of unbranched alkanes of at least 4 members (excludes halogenated alkanes) is 14. The summed E-state index contributed by atoms with van der Waals surface area (Å²) in [6.45, 7) is 11.5. The summed E-state index contributed by atoms with van der Waals surface area (Å²) in [6, 6.07) is 0. The Balaban J connectivity index is 1.24. The minimum Gasteiger partial charge on any atom is -0.465 e. The third-order valence-corrected chi connectivity index (χ3v) is 10.2. The van der Waals surface area contributed by atoms with Gasteiger partial charge in [-0.15, -0.1) is 0 Å². The maximum absolute atomic E-state index is 13.2. The quantitative estimate of drug-likeness (QED) is 0.103. The van der Waals surface area contributed by atoms with Crippen molar-refractivity contribution in [3.8, 4) is 0 Å². The van der Waals surface area contributed by atoms with Crippen molar-refractivity contribution >= 4 is 11.8 Å². The topological polar surface area (TPSA) is 55.9 Å². The average molecular weight is 519 g/mol. The Kier molecular flexibility index (Phi) is 11.5. The van der Waals surface area contributed by atoms with Gasteiger partial charge in [-0.2, -0.15) is 0 Å². The van der Waals surface area contributed by atoms with Crippen LogP contribution >= 0.6 is 0 Å². The Morgan fingerprint density at radius 2 is 1.32 bits per heavy atom. The smallest absolute Gasteiger partial charge is 0.305 e. The summed E-state index contributed by atoms with van der Waals surface area (Å²) < 4.78 is 11.9. The number of Topliss-reactive ketones (excluding diaryl/α,β-unsaturated/α-hetero) is 1. The lowest BCUT2D eigenvalue weighted by Gasteiger charge is -2.56. The Bertz CT molecular complexity index is 730. The molecule has 1 heterocycles. The second-order valence-corrected chi connectivity index (χ2v) is 13.8. The highest BCUT2D eigenvalue weighted by atomic mass is 16.6. The van der Waals surface area contributed by atoms with E-state index in [1.54, 1.807) is 0 Å². The van der Waals surface area contributed by atoms with E-state index in [1.807, 2.05) is 0 Å². The summed E-state index contributed by atoms with van der Waals surface area (Å²) in [6.07, 6.45) is 23.3. The first kappa shape index (κ1) is 30.6. The van der Waals surface area contributed by atoms with Gasteiger partial charge < -0.3 is 9.47 Å². The second-order valence-electron chi connectivity index (χ2n) is 13.8. The Morgan fingerprint density at radius 1 is 0.811 bits per heavy atom. The summed E-state index contributed by atoms with van der Waals surface area (Å²) in [4.78, 5) is 25.8. The SMILES string of the molecule is CCCCCCCCCCCCCCCCCC(=O)OC[C@H]1[C@@]2(C)O[C@H]2C(=O)C2C(C)(C)CCC[C@@]21C. The van der Waals surface area contributed by atoms with Crippen molar-refractivity contribution in [1.29, 1.82) is 0 Å². The van der Waals surface area contributed by atoms with Gasteiger partial charge in [0.15, 0.2) is 5.78 Å². The fraction of sp³-hybridized carbons (Fsp3) is 0.939. The molecule has 0 amide bonds. The monoisotopic (exact) mass is 518 g/mol. The van der Waals surface area contributed by atoms with E-state index in [9.17, 15) is 9.59 Å². The average Bonchev–Trinajstić information content (AvgIpc) is 3.53. The van der Waals surface area contributed by atoms with Crippen LogP contribution in [-0.4, -0.2) is 30.1 Å². The number of rotatable bonds is 18. The number of hydrogen-bond acceptors (Lipinski definition) is 4. The van der Waals surface area contributed by atoms with Crippen LogP contribution in [0.15, 0.2) is 0 Å². The van der Waals surface area contributed by atoms with E-state index in [-0.39, 0.29) is 40.5 Å². The molecule has 0 N–H and O–H groups in total. The maximum atomic E-state index is 13.2. The van der Waals surface area contributed by atoms with Crippen LogP contribution in [0.3, 0.4) is 0 Å². The van der Waals surface area contributed by atoms with E-state index in [1.165, 1.54) is 83.5 Å². The zero-order valence-electron chi connectivity index (χ0n) is 25.0. The molecule has 0 aromatic rings. The zero-order chi connectivity index (χ0) is 26.9. The molecular formula is C33H58O4. The number of carbonyl (C=O) groups is 2. The number of epoxide rings is 1. The Labute approximate surface area is 228 Å². The molecule has 5 atom stereocenters. The first-order valence-electron chi connectivity index (χ1n) is 16.0. The molecule has 4 nitrogen and oxygen atoms in total. The van der Waals surface area contributed by atoms with Crippen LogP contribution in [0.2, 0.25) is 0 Å². The van der Waals surface area contributed by atoms with Crippen molar-refractivity contribution in [1.82, 2.24) is 0 Å². The predicted octanol–water partition coefficient (Wildman–Crippen LogP) is 8.98. The standard InChI is InChI=1S/C33H58O4/c1-6-7-8-9-10-11-12-13-14-15-16-17-18-19-20-22-27(34)36-25-26-32(4)24-21-23-31(2,3)29(32)28(35)30-33(26,5)37-30/h26,29-30H,6-25H2,1-5H3/t26-,29?,30+,32-,33-/m1/s1. The molecule has 3 rings (SSSR count). The van der Waals surface area contributed by atoms with Gasteiger partial charge in [0.2, 0.25) is 0 Å². The van der Waals surface area contributed by atoms with Gasteiger partial charge in [-0.1, -0.05) is 124 Å².